The fourth-order valence-electron chi connectivity index (χ4n) is 4.04. The predicted molar refractivity (Wildman–Crippen MR) is 91.9 cm³/mol. The number of piperidine rings is 1. The van der Waals surface area contributed by atoms with Crippen LogP contribution in [0, 0.1) is 0 Å². The number of rotatable bonds is 8. The summed E-state index contributed by atoms with van der Waals surface area (Å²) in [7, 11) is 0. The smallest absolute Gasteiger partial charge is 0.123 e. The van der Waals surface area contributed by atoms with Gasteiger partial charge >= 0.3 is 0 Å². The second-order valence-electron chi connectivity index (χ2n) is 6.75. The van der Waals surface area contributed by atoms with E-state index in [4.69, 9.17) is 14.8 Å². The molecule has 2 aliphatic heterocycles. The molecule has 2 saturated heterocycles. The van der Waals surface area contributed by atoms with Crippen LogP contribution >= 0.6 is 0 Å². The summed E-state index contributed by atoms with van der Waals surface area (Å²) in [5, 5.41) is 11.9. The minimum absolute atomic E-state index is 0.388. The zero-order valence-corrected chi connectivity index (χ0v) is 14.3. The predicted octanol–water partition coefficient (Wildman–Crippen LogP) is 2.08. The number of nitrogens with zero attached hydrogens (tertiary/aromatic N) is 1. The first-order valence-electron chi connectivity index (χ1n) is 9.01. The van der Waals surface area contributed by atoms with Crippen LogP contribution in [0.3, 0.4) is 0 Å². The number of benzene rings is 1. The monoisotopic (exact) mass is 335 g/mol. The molecule has 6 heteroatoms. The zero-order chi connectivity index (χ0) is 16.7. The molecule has 3 rings (SSSR count). The van der Waals surface area contributed by atoms with E-state index in [9.17, 15) is 0 Å². The number of para-hydroxylation sites is 1. The lowest BCUT2D eigenvalue weighted by molar-refractivity contribution is -0.128. The van der Waals surface area contributed by atoms with Gasteiger partial charge in [0.25, 0.3) is 0 Å². The van der Waals surface area contributed by atoms with Gasteiger partial charge in [0, 0.05) is 24.1 Å². The average Bonchev–Trinajstić information content (AvgIpc) is 2.98. The van der Waals surface area contributed by atoms with Gasteiger partial charge in [0.2, 0.25) is 0 Å². The van der Waals surface area contributed by atoms with Crippen LogP contribution in [-0.2, 0) is 11.4 Å². The molecular weight excluding hydrogens is 306 g/mol. The molecule has 1 aromatic rings. The topological polar surface area (TPSA) is 66.0 Å². The molecule has 2 aliphatic rings. The number of nitrogens with one attached hydrogen (secondary N) is 2. The maximum atomic E-state index is 8.38. The van der Waals surface area contributed by atoms with Gasteiger partial charge in [-0.25, -0.2) is 0 Å². The van der Waals surface area contributed by atoms with Gasteiger partial charge in [-0.15, -0.1) is 0 Å². The van der Waals surface area contributed by atoms with Crippen LogP contribution in [0.25, 0.3) is 0 Å². The first-order valence-corrected chi connectivity index (χ1v) is 9.01. The zero-order valence-electron chi connectivity index (χ0n) is 14.3. The van der Waals surface area contributed by atoms with Gasteiger partial charge in [0.05, 0.1) is 13.2 Å². The van der Waals surface area contributed by atoms with Crippen molar-refractivity contribution in [2.24, 2.45) is 0 Å². The summed E-state index contributed by atoms with van der Waals surface area (Å²) in [5.41, 5.74) is 3.34. The fourth-order valence-corrected chi connectivity index (χ4v) is 4.04. The normalized spacial score (nSPS) is 20.5. The van der Waals surface area contributed by atoms with Crippen LogP contribution < -0.4 is 15.7 Å². The van der Waals surface area contributed by atoms with Gasteiger partial charge in [-0.05, 0) is 51.4 Å². The third-order valence-electron chi connectivity index (χ3n) is 5.32. The molecule has 0 unspecified atom stereocenters. The number of hydrogen-bond acceptors (Lipinski definition) is 6. The molecule has 0 aliphatic carbocycles. The average molecular weight is 335 g/mol. The molecule has 0 atom stereocenters. The van der Waals surface area contributed by atoms with E-state index in [1.54, 1.807) is 5.64 Å². The highest BCUT2D eigenvalue weighted by molar-refractivity contribution is 5.33. The summed E-state index contributed by atoms with van der Waals surface area (Å²) in [5.74, 6) is 0.963. The van der Waals surface area contributed by atoms with Crippen LogP contribution in [0.15, 0.2) is 24.3 Å². The summed E-state index contributed by atoms with van der Waals surface area (Å²) in [6, 6.07) is 8.33. The summed E-state index contributed by atoms with van der Waals surface area (Å²) in [6.45, 7) is 5.41. The van der Waals surface area contributed by atoms with Crippen molar-refractivity contribution in [3.8, 4) is 5.75 Å². The van der Waals surface area contributed by atoms with Gasteiger partial charge in [-0.2, -0.15) is 0 Å². The lowest BCUT2D eigenvalue weighted by atomic mass is 9.85. The van der Waals surface area contributed by atoms with Gasteiger partial charge in [-0.1, -0.05) is 23.8 Å². The summed E-state index contributed by atoms with van der Waals surface area (Å²) >= 11 is 0. The molecule has 6 nitrogen and oxygen atoms in total. The molecule has 0 amide bonds. The highest BCUT2D eigenvalue weighted by Crippen LogP contribution is 2.38. The molecule has 134 valence electrons. The lowest BCUT2D eigenvalue weighted by Crippen LogP contribution is -2.50. The van der Waals surface area contributed by atoms with Crippen molar-refractivity contribution >= 4 is 0 Å². The van der Waals surface area contributed by atoms with Crippen molar-refractivity contribution in [3.05, 3.63) is 29.8 Å². The molecule has 1 aromatic carbocycles. The molecule has 0 bridgehead atoms. The second-order valence-corrected chi connectivity index (χ2v) is 6.75. The van der Waals surface area contributed by atoms with E-state index in [2.05, 4.69) is 22.3 Å². The first-order chi connectivity index (χ1) is 11.8. The first kappa shape index (κ1) is 17.6. The summed E-state index contributed by atoms with van der Waals surface area (Å²) < 4.78 is 5.94. The van der Waals surface area contributed by atoms with Crippen molar-refractivity contribution in [1.29, 1.82) is 0 Å². The second kappa shape index (κ2) is 8.78. The van der Waals surface area contributed by atoms with E-state index in [1.807, 2.05) is 12.1 Å². The molecule has 2 heterocycles. The fraction of sp³-hybridized carbons (Fsp3) is 0.667. The third kappa shape index (κ3) is 4.26. The molecule has 2 fully saturated rings. The standard InChI is InChI=1S/C18H29N3O3/c22-20-24-14-4-13-23-17-6-2-1-5-16(17)15-21-12-3-7-18(21)8-10-19-11-9-18/h1-2,5-6,19-20,22H,3-4,7-15H2. The third-order valence-corrected chi connectivity index (χ3v) is 5.32. The van der Waals surface area contributed by atoms with Crippen molar-refractivity contribution < 1.29 is 14.8 Å². The van der Waals surface area contributed by atoms with Crippen LogP contribution in [0.4, 0.5) is 0 Å². The van der Waals surface area contributed by atoms with Gasteiger partial charge < -0.3 is 10.1 Å². The Morgan fingerprint density at radius 3 is 2.83 bits per heavy atom. The maximum Gasteiger partial charge on any atom is 0.123 e. The van der Waals surface area contributed by atoms with E-state index < -0.39 is 0 Å². The Morgan fingerprint density at radius 1 is 1.17 bits per heavy atom. The van der Waals surface area contributed by atoms with E-state index >= 15 is 0 Å². The Morgan fingerprint density at radius 2 is 2.00 bits per heavy atom. The molecule has 1 spiro atoms. The molecule has 0 aromatic heterocycles. The Labute approximate surface area is 144 Å². The molecule has 3 N–H and O–H groups in total. The summed E-state index contributed by atoms with van der Waals surface area (Å²) in [4.78, 5) is 7.37. The van der Waals surface area contributed by atoms with Crippen molar-refractivity contribution in [2.45, 2.75) is 44.2 Å². The minimum Gasteiger partial charge on any atom is -0.493 e. The van der Waals surface area contributed by atoms with Crippen molar-refractivity contribution in [1.82, 2.24) is 15.9 Å². The quantitative estimate of drug-likeness (QED) is 0.499. The molecule has 24 heavy (non-hydrogen) atoms. The minimum atomic E-state index is 0.388. The van der Waals surface area contributed by atoms with E-state index in [0.29, 0.717) is 18.8 Å². The van der Waals surface area contributed by atoms with E-state index in [1.165, 1.54) is 37.8 Å². The van der Waals surface area contributed by atoms with Crippen LogP contribution in [0.2, 0.25) is 0 Å². The van der Waals surface area contributed by atoms with E-state index in [-0.39, 0.29) is 0 Å². The molecule has 0 saturated carbocycles. The van der Waals surface area contributed by atoms with E-state index in [0.717, 1.165) is 31.8 Å². The highest BCUT2D eigenvalue weighted by atomic mass is 16.8. The van der Waals surface area contributed by atoms with Crippen molar-refractivity contribution in [3.63, 3.8) is 0 Å². The van der Waals surface area contributed by atoms with Gasteiger partial charge in [0.15, 0.2) is 0 Å². The largest absolute Gasteiger partial charge is 0.493 e. The SMILES string of the molecule is ONOCCCOc1ccccc1CN1CCCC12CCNCC2. The van der Waals surface area contributed by atoms with Gasteiger partial charge in [0.1, 0.15) is 5.75 Å². The Kier molecular flexibility index (Phi) is 6.45. The maximum absolute atomic E-state index is 8.38. The number of ether oxygens (including phenoxy) is 1. The van der Waals surface area contributed by atoms with Crippen molar-refractivity contribution in [2.75, 3.05) is 32.8 Å². The van der Waals surface area contributed by atoms with Gasteiger partial charge in [-0.3, -0.25) is 14.9 Å². The Balaban J connectivity index is 1.60. The lowest BCUT2D eigenvalue weighted by Gasteiger charge is -2.42. The Hall–Kier alpha value is -1.18. The molecule has 0 radical (unpaired) electrons. The number of hydrogen-bond donors (Lipinski definition) is 3. The Bertz CT molecular complexity index is 506. The van der Waals surface area contributed by atoms with Crippen LogP contribution in [-0.4, -0.2) is 48.5 Å². The van der Waals surface area contributed by atoms with Crippen LogP contribution in [0.1, 0.15) is 37.7 Å². The molecular formula is C18H29N3O3. The van der Waals surface area contributed by atoms with Crippen LogP contribution in [0.5, 0.6) is 5.75 Å². The number of likely N-dealkylation sites (tertiary alicyclic amines) is 1. The summed E-state index contributed by atoms with van der Waals surface area (Å²) in [6.07, 6.45) is 5.85. The highest BCUT2D eigenvalue weighted by Gasteiger charge is 2.41.